The van der Waals surface area contributed by atoms with E-state index in [0.29, 0.717) is 19.0 Å². The number of aliphatic imine (C=N–C) groups is 1. The van der Waals surface area contributed by atoms with Gasteiger partial charge in [-0.3, -0.25) is 4.99 Å². The maximum absolute atomic E-state index is 5.82. The average Bonchev–Trinajstić information content (AvgIpc) is 2.68. The fraction of sp³-hybridized carbons (Fsp3) is 0.429. The second-order valence-corrected chi connectivity index (χ2v) is 6.87. The van der Waals surface area contributed by atoms with E-state index < -0.39 is 0 Å². The van der Waals surface area contributed by atoms with Crippen LogP contribution in [-0.2, 0) is 13.2 Å². The minimum absolute atomic E-state index is 0.526. The molecule has 0 aliphatic carbocycles. The fourth-order valence-corrected chi connectivity index (χ4v) is 3.27. The zero-order valence-electron chi connectivity index (χ0n) is 15.7. The number of benzene rings is 1. The number of rotatable bonds is 5. The lowest BCUT2D eigenvalue weighted by Gasteiger charge is -2.33. The van der Waals surface area contributed by atoms with Crippen molar-refractivity contribution in [2.45, 2.75) is 32.9 Å². The quantitative estimate of drug-likeness (QED) is 0.661. The maximum Gasteiger partial charge on any atom is 0.213 e. The molecule has 5 nitrogen and oxygen atoms in total. The SMILES string of the molecule is CN=C(NCc1ccnc(OCc2ccccc2)c1)N1CCCC(C)C1. The van der Waals surface area contributed by atoms with E-state index in [1.54, 1.807) is 6.20 Å². The van der Waals surface area contributed by atoms with E-state index >= 15 is 0 Å². The van der Waals surface area contributed by atoms with Gasteiger partial charge < -0.3 is 15.0 Å². The summed E-state index contributed by atoms with van der Waals surface area (Å²) in [5.41, 5.74) is 2.27. The summed E-state index contributed by atoms with van der Waals surface area (Å²) in [5.74, 6) is 2.34. The number of nitrogens with one attached hydrogen (secondary N) is 1. The van der Waals surface area contributed by atoms with E-state index in [2.05, 4.69) is 39.2 Å². The molecule has 1 unspecified atom stereocenters. The Balaban J connectivity index is 1.54. The normalized spacial score (nSPS) is 17.8. The first-order valence-corrected chi connectivity index (χ1v) is 9.32. The summed E-state index contributed by atoms with van der Waals surface area (Å²) in [6.07, 6.45) is 4.33. The van der Waals surface area contributed by atoms with Gasteiger partial charge in [0.15, 0.2) is 5.96 Å². The highest BCUT2D eigenvalue weighted by atomic mass is 16.5. The highest BCUT2D eigenvalue weighted by molar-refractivity contribution is 5.80. The Morgan fingerprint density at radius 1 is 1.27 bits per heavy atom. The molecule has 1 aliphatic heterocycles. The van der Waals surface area contributed by atoms with Gasteiger partial charge in [-0.05, 0) is 36.0 Å². The summed E-state index contributed by atoms with van der Waals surface area (Å²) in [6, 6.07) is 14.1. The summed E-state index contributed by atoms with van der Waals surface area (Å²) in [4.78, 5) is 11.1. The monoisotopic (exact) mass is 352 g/mol. The van der Waals surface area contributed by atoms with Crippen LogP contribution in [0.2, 0.25) is 0 Å². The van der Waals surface area contributed by atoms with Crippen LogP contribution < -0.4 is 10.1 Å². The second-order valence-electron chi connectivity index (χ2n) is 6.87. The van der Waals surface area contributed by atoms with Gasteiger partial charge in [-0.25, -0.2) is 4.98 Å². The summed E-state index contributed by atoms with van der Waals surface area (Å²) < 4.78 is 5.82. The van der Waals surface area contributed by atoms with Crippen LogP contribution in [0, 0.1) is 5.92 Å². The van der Waals surface area contributed by atoms with Crippen molar-refractivity contribution in [3.63, 3.8) is 0 Å². The van der Waals surface area contributed by atoms with Crippen molar-refractivity contribution in [2.75, 3.05) is 20.1 Å². The van der Waals surface area contributed by atoms with Gasteiger partial charge >= 0.3 is 0 Å². The van der Waals surface area contributed by atoms with Gasteiger partial charge in [-0.1, -0.05) is 37.3 Å². The van der Waals surface area contributed by atoms with Crippen LogP contribution in [0.25, 0.3) is 0 Å². The average molecular weight is 352 g/mol. The van der Waals surface area contributed by atoms with Gasteiger partial charge in [0.2, 0.25) is 5.88 Å². The molecule has 3 rings (SSSR count). The number of guanidine groups is 1. The number of nitrogens with zero attached hydrogens (tertiary/aromatic N) is 3. The van der Waals surface area contributed by atoms with E-state index in [0.717, 1.165) is 36.1 Å². The summed E-state index contributed by atoms with van der Waals surface area (Å²) in [5, 5.41) is 3.47. The van der Waals surface area contributed by atoms with Gasteiger partial charge in [0.25, 0.3) is 0 Å². The number of likely N-dealkylation sites (tertiary alicyclic amines) is 1. The number of piperidine rings is 1. The summed E-state index contributed by atoms with van der Waals surface area (Å²) in [6.45, 7) is 5.69. The first-order chi connectivity index (χ1) is 12.7. The number of pyridine rings is 1. The molecule has 2 heterocycles. The third kappa shape index (κ3) is 5.22. The molecule has 1 N–H and O–H groups in total. The van der Waals surface area contributed by atoms with Crippen LogP contribution in [0.15, 0.2) is 53.7 Å². The van der Waals surface area contributed by atoms with Gasteiger partial charge in [0.05, 0.1) is 0 Å². The van der Waals surface area contributed by atoms with Crippen molar-refractivity contribution in [3.8, 4) is 5.88 Å². The van der Waals surface area contributed by atoms with E-state index in [1.807, 2.05) is 37.4 Å². The number of hydrogen-bond donors (Lipinski definition) is 1. The van der Waals surface area contributed by atoms with Crippen molar-refractivity contribution >= 4 is 5.96 Å². The van der Waals surface area contributed by atoms with E-state index in [9.17, 15) is 0 Å². The predicted octanol–water partition coefficient (Wildman–Crippen LogP) is 3.47. The summed E-state index contributed by atoms with van der Waals surface area (Å²) >= 11 is 0. The molecule has 2 aromatic rings. The van der Waals surface area contributed by atoms with Crippen molar-refractivity contribution in [3.05, 3.63) is 59.8 Å². The topological polar surface area (TPSA) is 49.8 Å². The molecule has 0 radical (unpaired) electrons. The van der Waals surface area contributed by atoms with Crippen LogP contribution in [0.3, 0.4) is 0 Å². The van der Waals surface area contributed by atoms with Crippen LogP contribution in [-0.4, -0.2) is 36.0 Å². The third-order valence-electron chi connectivity index (χ3n) is 4.65. The van der Waals surface area contributed by atoms with Crippen LogP contribution in [0.4, 0.5) is 0 Å². The number of aromatic nitrogens is 1. The highest BCUT2D eigenvalue weighted by Gasteiger charge is 2.18. The van der Waals surface area contributed by atoms with Gasteiger partial charge in [-0.2, -0.15) is 0 Å². The van der Waals surface area contributed by atoms with Crippen LogP contribution >= 0.6 is 0 Å². The number of hydrogen-bond acceptors (Lipinski definition) is 3. The molecule has 1 fully saturated rings. The lowest BCUT2D eigenvalue weighted by Crippen LogP contribution is -2.45. The lowest BCUT2D eigenvalue weighted by atomic mass is 10.0. The third-order valence-corrected chi connectivity index (χ3v) is 4.65. The van der Waals surface area contributed by atoms with Crippen molar-refractivity contribution in [2.24, 2.45) is 10.9 Å². The zero-order valence-corrected chi connectivity index (χ0v) is 15.7. The molecule has 1 aliphatic rings. The summed E-state index contributed by atoms with van der Waals surface area (Å²) in [7, 11) is 1.85. The molecule has 0 amide bonds. The first-order valence-electron chi connectivity index (χ1n) is 9.32. The maximum atomic E-state index is 5.82. The van der Waals surface area contributed by atoms with Crippen molar-refractivity contribution in [1.82, 2.24) is 15.2 Å². The minimum Gasteiger partial charge on any atom is -0.473 e. The Hall–Kier alpha value is -2.56. The molecule has 0 saturated carbocycles. The molecule has 1 atom stereocenters. The van der Waals surface area contributed by atoms with Gasteiger partial charge in [0.1, 0.15) is 6.61 Å². The molecule has 0 spiro atoms. The van der Waals surface area contributed by atoms with E-state index in [4.69, 9.17) is 4.74 Å². The molecule has 138 valence electrons. The molecular weight excluding hydrogens is 324 g/mol. The number of ether oxygens (including phenoxy) is 1. The van der Waals surface area contributed by atoms with Crippen LogP contribution in [0.5, 0.6) is 5.88 Å². The van der Waals surface area contributed by atoms with Gasteiger partial charge in [-0.15, -0.1) is 0 Å². The molecule has 1 aromatic carbocycles. The lowest BCUT2D eigenvalue weighted by molar-refractivity contribution is 0.266. The molecule has 26 heavy (non-hydrogen) atoms. The first kappa shape index (κ1) is 18.2. The zero-order chi connectivity index (χ0) is 18.2. The smallest absolute Gasteiger partial charge is 0.213 e. The largest absolute Gasteiger partial charge is 0.473 e. The Morgan fingerprint density at radius 3 is 2.88 bits per heavy atom. The molecular formula is C21H28N4O. The van der Waals surface area contributed by atoms with Crippen molar-refractivity contribution in [1.29, 1.82) is 0 Å². The van der Waals surface area contributed by atoms with E-state index in [-0.39, 0.29) is 0 Å². The molecule has 1 saturated heterocycles. The Kier molecular flexibility index (Phi) is 6.47. The van der Waals surface area contributed by atoms with Crippen LogP contribution in [0.1, 0.15) is 30.9 Å². The second kappa shape index (κ2) is 9.22. The molecule has 5 heteroatoms. The predicted molar refractivity (Wildman–Crippen MR) is 105 cm³/mol. The Morgan fingerprint density at radius 2 is 2.12 bits per heavy atom. The molecule has 1 aromatic heterocycles. The fourth-order valence-electron chi connectivity index (χ4n) is 3.27. The van der Waals surface area contributed by atoms with Gasteiger partial charge in [0, 0.05) is 38.9 Å². The molecule has 0 bridgehead atoms. The van der Waals surface area contributed by atoms with Crippen molar-refractivity contribution < 1.29 is 4.74 Å². The highest BCUT2D eigenvalue weighted by Crippen LogP contribution is 2.16. The Bertz CT molecular complexity index is 717. The van der Waals surface area contributed by atoms with E-state index in [1.165, 1.54) is 12.8 Å². The Labute approximate surface area is 156 Å². The minimum atomic E-state index is 0.526. The standard InChI is InChI=1S/C21H28N4O/c1-17-7-6-12-25(15-17)21(22-2)24-14-19-10-11-23-20(13-19)26-16-18-8-4-3-5-9-18/h3-5,8-11,13,17H,6-7,12,14-16H2,1-2H3,(H,22,24).